The molecule has 0 aliphatic rings. The van der Waals surface area contributed by atoms with Crippen molar-refractivity contribution in [2.45, 2.75) is 96.8 Å². The van der Waals surface area contributed by atoms with Gasteiger partial charge in [0.15, 0.2) is 0 Å². The second kappa shape index (κ2) is 23.8. The number of rotatable bonds is 19. The maximum Gasteiger partial charge on any atom is 0.264 e. The number of aliphatic hydroxyl groups excluding tert-OH is 2. The topological polar surface area (TPSA) is 107 Å². The summed E-state index contributed by atoms with van der Waals surface area (Å²) in [6.07, 6.45) is 17.4. The molecular formula is C20H45NO5S. The highest BCUT2D eigenvalue weighted by atomic mass is 32.2. The Morgan fingerprint density at radius 1 is 0.630 bits per heavy atom. The standard InChI is InChI=1S/C16H34O3S.C4H11NO2/c1-2-3-4-5-6-7-8-9-10-11-12-13-14-15-16-20(17,18)19;6-3-1-5-2-4-7/h2-16H2,1H3,(H,17,18,19);5-7H,1-4H2. The van der Waals surface area contributed by atoms with Crippen LogP contribution in [-0.2, 0) is 10.1 Å². The lowest BCUT2D eigenvalue weighted by Gasteiger charge is -2.03. The van der Waals surface area contributed by atoms with Crippen LogP contribution in [0.3, 0.4) is 0 Å². The van der Waals surface area contributed by atoms with E-state index in [1.807, 2.05) is 0 Å². The summed E-state index contributed by atoms with van der Waals surface area (Å²) in [6, 6.07) is 0. The maximum absolute atomic E-state index is 10.5. The van der Waals surface area contributed by atoms with Crippen molar-refractivity contribution in [2.24, 2.45) is 0 Å². The molecule has 27 heavy (non-hydrogen) atoms. The first kappa shape index (κ1) is 29.0. The fraction of sp³-hybridized carbons (Fsp3) is 1.00. The van der Waals surface area contributed by atoms with Gasteiger partial charge in [0.2, 0.25) is 0 Å². The molecule has 4 N–H and O–H groups in total. The van der Waals surface area contributed by atoms with E-state index in [-0.39, 0.29) is 19.0 Å². The molecule has 0 rings (SSSR count). The lowest BCUT2D eigenvalue weighted by atomic mass is 10.0. The molecule has 6 nitrogen and oxygen atoms in total. The second-order valence-electron chi connectivity index (χ2n) is 7.08. The lowest BCUT2D eigenvalue weighted by molar-refractivity contribution is 0.266. The van der Waals surface area contributed by atoms with Crippen molar-refractivity contribution in [1.29, 1.82) is 0 Å². The summed E-state index contributed by atoms with van der Waals surface area (Å²) in [5.41, 5.74) is 0. The Hall–Kier alpha value is -0.210. The van der Waals surface area contributed by atoms with E-state index in [0.717, 1.165) is 12.8 Å². The highest BCUT2D eigenvalue weighted by Crippen LogP contribution is 2.13. The zero-order chi connectivity index (χ0) is 20.6. The molecule has 0 aliphatic carbocycles. The zero-order valence-electron chi connectivity index (χ0n) is 17.5. The van der Waals surface area contributed by atoms with Crippen LogP contribution in [0, 0.1) is 0 Å². The highest BCUT2D eigenvalue weighted by molar-refractivity contribution is 7.85. The van der Waals surface area contributed by atoms with Crippen molar-refractivity contribution in [3.8, 4) is 0 Å². The summed E-state index contributed by atoms with van der Waals surface area (Å²) in [4.78, 5) is 0. The fourth-order valence-corrected chi connectivity index (χ4v) is 3.33. The van der Waals surface area contributed by atoms with Gasteiger partial charge in [-0.1, -0.05) is 90.4 Å². The first-order valence-corrected chi connectivity index (χ1v) is 12.5. The van der Waals surface area contributed by atoms with E-state index < -0.39 is 10.1 Å². The molecule has 0 heterocycles. The predicted molar refractivity (Wildman–Crippen MR) is 114 cm³/mol. The van der Waals surface area contributed by atoms with E-state index in [0.29, 0.717) is 19.5 Å². The van der Waals surface area contributed by atoms with Crippen LogP contribution in [0.4, 0.5) is 0 Å². The molecule has 0 bridgehead atoms. The first-order valence-electron chi connectivity index (χ1n) is 10.9. The summed E-state index contributed by atoms with van der Waals surface area (Å²) in [5, 5.41) is 19.1. The quantitative estimate of drug-likeness (QED) is 0.190. The van der Waals surface area contributed by atoms with E-state index in [2.05, 4.69) is 12.2 Å². The molecule has 7 heteroatoms. The van der Waals surface area contributed by atoms with Crippen LogP contribution in [0.1, 0.15) is 96.8 Å². The van der Waals surface area contributed by atoms with Gasteiger partial charge in [-0.3, -0.25) is 4.55 Å². The molecule has 0 aliphatic heterocycles. The minimum Gasteiger partial charge on any atom is -0.395 e. The number of unbranched alkanes of at least 4 members (excludes halogenated alkanes) is 13. The number of aliphatic hydroxyl groups is 2. The van der Waals surface area contributed by atoms with E-state index in [1.54, 1.807) is 0 Å². The van der Waals surface area contributed by atoms with Gasteiger partial charge in [0.05, 0.1) is 19.0 Å². The molecule has 166 valence electrons. The second-order valence-corrected chi connectivity index (χ2v) is 8.65. The molecule has 0 radical (unpaired) electrons. The summed E-state index contributed by atoms with van der Waals surface area (Å²) in [7, 11) is -3.74. The number of hydrogen-bond acceptors (Lipinski definition) is 5. The van der Waals surface area contributed by atoms with Crippen molar-refractivity contribution < 1.29 is 23.2 Å². The molecular weight excluding hydrogens is 366 g/mol. The Labute approximate surface area is 167 Å². The Morgan fingerprint density at radius 2 is 0.963 bits per heavy atom. The summed E-state index contributed by atoms with van der Waals surface area (Å²) in [5.74, 6) is -0.0783. The Kier molecular flexibility index (Phi) is 25.6. The van der Waals surface area contributed by atoms with Gasteiger partial charge in [0.25, 0.3) is 10.1 Å². The van der Waals surface area contributed by atoms with E-state index >= 15 is 0 Å². The molecule has 0 unspecified atom stereocenters. The molecule has 0 aromatic carbocycles. The summed E-state index contributed by atoms with van der Waals surface area (Å²) < 4.78 is 29.6. The fourth-order valence-electron chi connectivity index (χ4n) is 2.76. The minimum absolute atomic E-state index is 0.0783. The van der Waals surface area contributed by atoms with Gasteiger partial charge in [-0.15, -0.1) is 0 Å². The lowest BCUT2D eigenvalue weighted by Crippen LogP contribution is -2.21. The van der Waals surface area contributed by atoms with E-state index in [9.17, 15) is 8.42 Å². The monoisotopic (exact) mass is 411 g/mol. The Bertz CT molecular complexity index is 359. The number of nitrogens with one attached hydrogen (secondary N) is 1. The third kappa shape index (κ3) is 33.8. The van der Waals surface area contributed by atoms with Crippen LogP contribution in [0.5, 0.6) is 0 Å². The van der Waals surface area contributed by atoms with Crippen LogP contribution in [0.15, 0.2) is 0 Å². The normalized spacial score (nSPS) is 11.3. The first-order chi connectivity index (χ1) is 13.0. The molecule has 0 aromatic heterocycles. The molecule has 0 amide bonds. The largest absolute Gasteiger partial charge is 0.395 e. The van der Waals surface area contributed by atoms with Gasteiger partial charge >= 0.3 is 0 Å². The maximum atomic E-state index is 10.5. The van der Waals surface area contributed by atoms with Gasteiger partial charge < -0.3 is 15.5 Å². The molecule has 0 atom stereocenters. The average molecular weight is 412 g/mol. The molecule has 0 saturated carbocycles. The van der Waals surface area contributed by atoms with Crippen molar-refractivity contribution in [2.75, 3.05) is 32.1 Å². The van der Waals surface area contributed by atoms with Gasteiger partial charge in [-0.25, -0.2) is 0 Å². The van der Waals surface area contributed by atoms with Crippen molar-refractivity contribution in [1.82, 2.24) is 5.32 Å². The Morgan fingerprint density at radius 3 is 1.26 bits per heavy atom. The van der Waals surface area contributed by atoms with Gasteiger partial charge in [-0.05, 0) is 6.42 Å². The molecule has 0 aromatic rings. The third-order valence-electron chi connectivity index (χ3n) is 4.33. The van der Waals surface area contributed by atoms with Crippen molar-refractivity contribution in [3.05, 3.63) is 0 Å². The molecule has 0 spiro atoms. The minimum atomic E-state index is -3.74. The number of hydrogen-bond donors (Lipinski definition) is 4. The molecule has 0 saturated heterocycles. The van der Waals surface area contributed by atoms with Crippen LogP contribution in [0.25, 0.3) is 0 Å². The smallest absolute Gasteiger partial charge is 0.264 e. The summed E-state index contributed by atoms with van der Waals surface area (Å²) in [6.45, 7) is 3.67. The third-order valence-corrected chi connectivity index (χ3v) is 5.14. The van der Waals surface area contributed by atoms with Crippen LogP contribution >= 0.6 is 0 Å². The van der Waals surface area contributed by atoms with Gasteiger partial charge in [-0.2, -0.15) is 8.42 Å². The van der Waals surface area contributed by atoms with Gasteiger partial charge in [0, 0.05) is 13.1 Å². The van der Waals surface area contributed by atoms with Gasteiger partial charge in [0.1, 0.15) is 0 Å². The summed E-state index contributed by atoms with van der Waals surface area (Å²) >= 11 is 0. The van der Waals surface area contributed by atoms with Crippen LogP contribution in [-0.4, -0.2) is 55.2 Å². The average Bonchev–Trinajstić information content (AvgIpc) is 2.62. The van der Waals surface area contributed by atoms with E-state index in [1.165, 1.54) is 70.6 Å². The van der Waals surface area contributed by atoms with Crippen LogP contribution < -0.4 is 5.32 Å². The van der Waals surface area contributed by atoms with Crippen molar-refractivity contribution in [3.63, 3.8) is 0 Å². The van der Waals surface area contributed by atoms with Crippen molar-refractivity contribution >= 4 is 10.1 Å². The van der Waals surface area contributed by atoms with Crippen LogP contribution in [0.2, 0.25) is 0 Å². The SMILES string of the molecule is CCCCCCCCCCCCCCCCS(=O)(=O)O.OCCNCCO. The molecule has 0 fully saturated rings. The Balaban J connectivity index is 0. The predicted octanol–water partition coefficient (Wildman–Crippen LogP) is 3.92. The zero-order valence-corrected chi connectivity index (χ0v) is 18.3. The highest BCUT2D eigenvalue weighted by Gasteiger charge is 2.02. The van der Waals surface area contributed by atoms with E-state index in [4.69, 9.17) is 14.8 Å².